The molecule has 7 nitrogen and oxygen atoms in total. The van der Waals surface area contributed by atoms with Crippen molar-refractivity contribution in [3.63, 3.8) is 0 Å². The van der Waals surface area contributed by atoms with E-state index in [9.17, 15) is 9.59 Å². The van der Waals surface area contributed by atoms with Crippen LogP contribution in [0, 0.1) is 11.8 Å². The van der Waals surface area contributed by atoms with E-state index in [-0.39, 0.29) is 23.8 Å². The molecule has 1 aliphatic heterocycles. The summed E-state index contributed by atoms with van der Waals surface area (Å²) in [6.45, 7) is 3.27. The predicted molar refractivity (Wildman–Crippen MR) is 102 cm³/mol. The van der Waals surface area contributed by atoms with Crippen LogP contribution >= 0.6 is 11.3 Å². The van der Waals surface area contributed by atoms with Gasteiger partial charge in [-0.25, -0.2) is 4.98 Å². The van der Waals surface area contributed by atoms with E-state index in [1.807, 2.05) is 0 Å². The molecular formula is C19H27N3O4S. The number of thiazole rings is 1. The largest absolute Gasteiger partial charge is 0.481 e. The van der Waals surface area contributed by atoms with Crippen LogP contribution in [0.1, 0.15) is 42.7 Å². The number of fused-ring (bicyclic) bond motifs is 1. The van der Waals surface area contributed by atoms with Gasteiger partial charge in [0.05, 0.1) is 24.8 Å². The molecule has 1 saturated carbocycles. The molecule has 0 radical (unpaired) electrons. The van der Waals surface area contributed by atoms with Gasteiger partial charge in [0.1, 0.15) is 0 Å². The van der Waals surface area contributed by atoms with Gasteiger partial charge in [0.25, 0.3) is 0 Å². The number of hydrogen-bond donors (Lipinski definition) is 2. The lowest BCUT2D eigenvalue weighted by atomic mass is 9.85. The van der Waals surface area contributed by atoms with Crippen molar-refractivity contribution in [1.82, 2.24) is 10.3 Å². The number of anilines is 1. The fraction of sp³-hybridized carbons (Fsp3) is 0.737. The number of ether oxygens (including phenoxy) is 1. The fourth-order valence-electron chi connectivity index (χ4n) is 4.28. The number of aliphatic carboxylic acids is 1. The summed E-state index contributed by atoms with van der Waals surface area (Å²) in [6, 6.07) is 0.119. The Kier molecular flexibility index (Phi) is 5.63. The molecule has 1 aromatic heterocycles. The summed E-state index contributed by atoms with van der Waals surface area (Å²) >= 11 is 1.77. The number of carbonyl (C=O) groups excluding carboxylic acids is 1. The van der Waals surface area contributed by atoms with Crippen LogP contribution in [0.5, 0.6) is 0 Å². The molecular weight excluding hydrogens is 366 g/mol. The van der Waals surface area contributed by atoms with Gasteiger partial charge in [0.15, 0.2) is 5.13 Å². The Labute approximate surface area is 163 Å². The molecule has 1 atom stereocenters. The van der Waals surface area contributed by atoms with Crippen molar-refractivity contribution in [3.05, 3.63) is 10.6 Å². The summed E-state index contributed by atoms with van der Waals surface area (Å²) in [4.78, 5) is 32.2. The zero-order valence-corrected chi connectivity index (χ0v) is 16.3. The van der Waals surface area contributed by atoms with E-state index in [1.165, 1.54) is 4.88 Å². The molecule has 2 heterocycles. The van der Waals surface area contributed by atoms with Crippen LogP contribution in [0.3, 0.4) is 0 Å². The van der Waals surface area contributed by atoms with E-state index in [2.05, 4.69) is 10.2 Å². The molecule has 27 heavy (non-hydrogen) atoms. The third-order valence-corrected chi connectivity index (χ3v) is 7.22. The van der Waals surface area contributed by atoms with Gasteiger partial charge in [-0.1, -0.05) is 0 Å². The predicted octanol–water partition coefficient (Wildman–Crippen LogP) is 1.84. The van der Waals surface area contributed by atoms with Crippen LogP contribution < -0.4 is 10.2 Å². The quantitative estimate of drug-likeness (QED) is 0.811. The van der Waals surface area contributed by atoms with E-state index < -0.39 is 5.97 Å². The number of nitrogens with zero attached hydrogens (tertiary/aromatic N) is 2. The maximum Gasteiger partial charge on any atom is 0.306 e. The molecule has 2 fully saturated rings. The molecule has 148 valence electrons. The third kappa shape index (κ3) is 4.27. The van der Waals surface area contributed by atoms with Crippen LogP contribution in [0.2, 0.25) is 0 Å². The molecule has 1 unspecified atom stereocenters. The lowest BCUT2D eigenvalue weighted by Crippen LogP contribution is -2.42. The van der Waals surface area contributed by atoms with Gasteiger partial charge in [-0.3, -0.25) is 9.59 Å². The first kappa shape index (κ1) is 18.7. The average molecular weight is 394 g/mol. The number of carbonyl (C=O) groups is 2. The van der Waals surface area contributed by atoms with Gasteiger partial charge in [0.2, 0.25) is 5.91 Å². The second-order valence-corrected chi connectivity index (χ2v) is 8.86. The van der Waals surface area contributed by atoms with Crippen molar-refractivity contribution < 1.29 is 19.4 Å². The van der Waals surface area contributed by atoms with Crippen molar-refractivity contribution >= 4 is 28.3 Å². The first-order valence-corrected chi connectivity index (χ1v) is 10.8. The van der Waals surface area contributed by atoms with E-state index in [0.29, 0.717) is 19.3 Å². The second-order valence-electron chi connectivity index (χ2n) is 7.80. The number of morpholine rings is 1. The van der Waals surface area contributed by atoms with E-state index in [0.717, 1.165) is 62.8 Å². The van der Waals surface area contributed by atoms with Crippen LogP contribution in [0.25, 0.3) is 0 Å². The van der Waals surface area contributed by atoms with Crippen molar-refractivity contribution in [2.75, 3.05) is 31.2 Å². The summed E-state index contributed by atoms with van der Waals surface area (Å²) in [7, 11) is 0. The van der Waals surface area contributed by atoms with Gasteiger partial charge < -0.3 is 20.1 Å². The fourth-order valence-corrected chi connectivity index (χ4v) is 5.44. The maximum absolute atomic E-state index is 12.7. The highest BCUT2D eigenvalue weighted by molar-refractivity contribution is 7.15. The maximum atomic E-state index is 12.7. The number of aryl methyl sites for hydroxylation is 1. The standard InChI is InChI=1S/C19H27N3O4S/c23-17(20-14-4-1-12(2-5-14)18(24)25)13-3-6-16-15(11-13)21-19(27-16)22-7-9-26-10-8-22/h12-14H,1-11H2,(H,20,23)(H,24,25). The lowest BCUT2D eigenvalue weighted by Gasteiger charge is -2.29. The lowest BCUT2D eigenvalue weighted by molar-refractivity contribution is -0.142. The highest BCUT2D eigenvalue weighted by atomic mass is 32.1. The zero-order valence-electron chi connectivity index (χ0n) is 15.5. The second kappa shape index (κ2) is 8.14. The first-order valence-electron chi connectivity index (χ1n) is 9.94. The minimum absolute atomic E-state index is 0.0191. The number of carboxylic acids is 1. The molecule has 1 aromatic rings. The van der Waals surface area contributed by atoms with Crippen LogP contribution in [-0.2, 0) is 27.2 Å². The average Bonchev–Trinajstić information content (AvgIpc) is 3.12. The van der Waals surface area contributed by atoms with Gasteiger partial charge in [-0.05, 0) is 38.5 Å². The van der Waals surface area contributed by atoms with Crippen LogP contribution in [0.4, 0.5) is 5.13 Å². The molecule has 0 aromatic carbocycles. The molecule has 2 N–H and O–H groups in total. The summed E-state index contributed by atoms with van der Waals surface area (Å²) < 4.78 is 5.41. The number of rotatable bonds is 4. The van der Waals surface area contributed by atoms with Gasteiger partial charge >= 0.3 is 5.97 Å². The highest BCUT2D eigenvalue weighted by Gasteiger charge is 2.32. The zero-order chi connectivity index (χ0) is 18.8. The normalized spacial score (nSPS) is 28.4. The number of carboxylic acid groups (broad SMARTS) is 1. The van der Waals surface area contributed by atoms with Gasteiger partial charge in [0, 0.05) is 36.3 Å². The Morgan fingerprint density at radius 3 is 2.56 bits per heavy atom. The Morgan fingerprint density at radius 2 is 1.85 bits per heavy atom. The van der Waals surface area contributed by atoms with E-state index >= 15 is 0 Å². The van der Waals surface area contributed by atoms with Crippen LogP contribution in [-0.4, -0.2) is 54.3 Å². The van der Waals surface area contributed by atoms with E-state index in [4.69, 9.17) is 14.8 Å². The number of aromatic nitrogens is 1. The molecule has 0 spiro atoms. The topological polar surface area (TPSA) is 91.8 Å². The molecule has 1 amide bonds. The van der Waals surface area contributed by atoms with Crippen molar-refractivity contribution in [2.45, 2.75) is 51.0 Å². The van der Waals surface area contributed by atoms with Gasteiger partial charge in [-0.15, -0.1) is 11.3 Å². The highest BCUT2D eigenvalue weighted by Crippen LogP contribution is 2.34. The summed E-state index contributed by atoms with van der Waals surface area (Å²) in [5.74, 6) is -0.863. The smallest absolute Gasteiger partial charge is 0.306 e. The number of nitrogens with one attached hydrogen (secondary N) is 1. The molecule has 8 heteroatoms. The summed E-state index contributed by atoms with van der Waals surface area (Å²) in [5, 5.41) is 13.3. The van der Waals surface area contributed by atoms with Crippen molar-refractivity contribution in [1.29, 1.82) is 0 Å². The van der Waals surface area contributed by atoms with Gasteiger partial charge in [-0.2, -0.15) is 0 Å². The monoisotopic (exact) mass is 393 g/mol. The Bertz CT molecular complexity index is 693. The summed E-state index contributed by atoms with van der Waals surface area (Å²) in [6.07, 6.45) is 5.34. The minimum Gasteiger partial charge on any atom is -0.481 e. The minimum atomic E-state index is -0.709. The molecule has 0 bridgehead atoms. The van der Waals surface area contributed by atoms with E-state index in [1.54, 1.807) is 11.3 Å². The summed E-state index contributed by atoms with van der Waals surface area (Å²) in [5.41, 5.74) is 1.09. The SMILES string of the molecule is O=C(O)C1CCC(NC(=O)C2CCc3sc(N4CCOCC4)nc3C2)CC1. The Balaban J connectivity index is 1.32. The number of hydrogen-bond acceptors (Lipinski definition) is 6. The molecule has 2 aliphatic carbocycles. The Hall–Kier alpha value is -1.67. The van der Waals surface area contributed by atoms with Crippen LogP contribution in [0.15, 0.2) is 0 Å². The first-order chi connectivity index (χ1) is 13.1. The molecule has 3 aliphatic rings. The molecule has 1 saturated heterocycles. The Morgan fingerprint density at radius 1 is 1.11 bits per heavy atom. The van der Waals surface area contributed by atoms with Crippen molar-refractivity contribution in [2.24, 2.45) is 11.8 Å². The number of amides is 1. The third-order valence-electron chi connectivity index (χ3n) is 6.00. The van der Waals surface area contributed by atoms with Crippen molar-refractivity contribution in [3.8, 4) is 0 Å². The molecule has 4 rings (SSSR count).